The van der Waals surface area contributed by atoms with Crippen molar-refractivity contribution in [3.05, 3.63) is 107 Å². The first kappa shape index (κ1) is 27.6. The van der Waals surface area contributed by atoms with Gasteiger partial charge in [0.15, 0.2) is 0 Å². The SMILES string of the molecule is CCCCc1ccc(C(O)CCCCCN2CCC(C(O)(c3ccccc3)c3ccccc3)CC2)cc1. The molecule has 0 aromatic heterocycles. The zero-order valence-corrected chi connectivity index (χ0v) is 22.6. The minimum Gasteiger partial charge on any atom is -0.388 e. The first-order valence-corrected chi connectivity index (χ1v) is 14.4. The van der Waals surface area contributed by atoms with Crippen LogP contribution in [0.15, 0.2) is 84.9 Å². The molecular weight excluding hydrogens is 454 g/mol. The summed E-state index contributed by atoms with van der Waals surface area (Å²) in [6.07, 6.45) is 9.38. The number of hydrogen-bond acceptors (Lipinski definition) is 3. The predicted octanol–water partition coefficient (Wildman–Crippen LogP) is 7.27. The van der Waals surface area contributed by atoms with Crippen LogP contribution in [-0.4, -0.2) is 34.7 Å². The highest BCUT2D eigenvalue weighted by Crippen LogP contribution is 2.41. The summed E-state index contributed by atoms with van der Waals surface area (Å²) >= 11 is 0. The number of aliphatic hydroxyl groups excluding tert-OH is 1. The molecule has 2 N–H and O–H groups in total. The summed E-state index contributed by atoms with van der Waals surface area (Å²) in [5.41, 5.74) is 3.46. The molecular formula is C34H45NO2. The van der Waals surface area contributed by atoms with Crippen LogP contribution >= 0.6 is 0 Å². The van der Waals surface area contributed by atoms with Crippen LogP contribution < -0.4 is 0 Å². The monoisotopic (exact) mass is 499 g/mol. The molecule has 198 valence electrons. The Morgan fingerprint density at radius 2 is 1.38 bits per heavy atom. The van der Waals surface area contributed by atoms with Crippen LogP contribution in [0, 0.1) is 5.92 Å². The smallest absolute Gasteiger partial charge is 0.117 e. The molecule has 1 heterocycles. The van der Waals surface area contributed by atoms with Gasteiger partial charge in [0.25, 0.3) is 0 Å². The molecule has 3 heteroatoms. The van der Waals surface area contributed by atoms with Gasteiger partial charge in [-0.2, -0.15) is 0 Å². The first-order chi connectivity index (χ1) is 18.1. The first-order valence-electron chi connectivity index (χ1n) is 14.4. The molecule has 0 spiro atoms. The van der Waals surface area contributed by atoms with Crippen molar-refractivity contribution >= 4 is 0 Å². The average molecular weight is 500 g/mol. The van der Waals surface area contributed by atoms with E-state index >= 15 is 0 Å². The van der Waals surface area contributed by atoms with E-state index in [0.29, 0.717) is 0 Å². The third-order valence-electron chi connectivity index (χ3n) is 8.24. The maximum atomic E-state index is 12.1. The number of aryl methyl sites for hydroxylation is 1. The molecule has 37 heavy (non-hydrogen) atoms. The minimum atomic E-state index is -0.945. The molecule has 1 unspecified atom stereocenters. The van der Waals surface area contributed by atoms with Crippen molar-refractivity contribution in [3.63, 3.8) is 0 Å². The van der Waals surface area contributed by atoms with E-state index in [2.05, 4.69) is 60.4 Å². The Hall–Kier alpha value is -2.46. The molecule has 3 aromatic rings. The van der Waals surface area contributed by atoms with E-state index in [9.17, 15) is 10.2 Å². The molecule has 1 aliphatic rings. The van der Waals surface area contributed by atoms with Gasteiger partial charge in [0.05, 0.1) is 6.10 Å². The Morgan fingerprint density at radius 1 is 0.784 bits per heavy atom. The van der Waals surface area contributed by atoms with Gasteiger partial charge in [0, 0.05) is 0 Å². The highest BCUT2D eigenvalue weighted by Gasteiger charge is 2.41. The van der Waals surface area contributed by atoms with E-state index in [1.807, 2.05) is 36.4 Å². The molecule has 1 saturated heterocycles. The second-order valence-electron chi connectivity index (χ2n) is 10.8. The molecule has 1 aliphatic heterocycles. The van der Waals surface area contributed by atoms with Crippen LogP contribution in [0.3, 0.4) is 0 Å². The maximum Gasteiger partial charge on any atom is 0.117 e. The summed E-state index contributed by atoms with van der Waals surface area (Å²) in [6.45, 7) is 5.38. The predicted molar refractivity (Wildman–Crippen MR) is 154 cm³/mol. The van der Waals surface area contributed by atoms with Gasteiger partial charge in [-0.05, 0) is 86.3 Å². The maximum absolute atomic E-state index is 12.1. The third-order valence-corrected chi connectivity index (χ3v) is 8.24. The summed E-state index contributed by atoms with van der Waals surface area (Å²) in [5, 5.41) is 22.7. The second kappa shape index (κ2) is 13.9. The van der Waals surface area contributed by atoms with E-state index in [1.54, 1.807) is 0 Å². The normalized spacial score (nSPS) is 16.1. The minimum absolute atomic E-state index is 0.206. The molecule has 4 rings (SSSR count). The lowest BCUT2D eigenvalue weighted by Gasteiger charge is -2.42. The third kappa shape index (κ3) is 7.31. The van der Waals surface area contributed by atoms with Crippen molar-refractivity contribution in [2.45, 2.75) is 76.4 Å². The van der Waals surface area contributed by atoms with E-state index in [1.165, 1.54) is 18.4 Å². The molecule has 1 fully saturated rings. The standard InChI is InChI=1S/C34H45NO2/c1-2-3-13-28-19-21-29(22-20-28)33(36)18-11-6-12-25-35-26-23-32(24-27-35)34(37,30-14-7-4-8-15-30)31-16-9-5-10-17-31/h4-5,7-10,14-17,19-22,32-33,36-37H,2-3,6,11-13,18,23-27H2,1H3. The number of rotatable bonds is 13. The number of hydrogen-bond donors (Lipinski definition) is 2. The molecule has 0 bridgehead atoms. The van der Waals surface area contributed by atoms with Crippen molar-refractivity contribution in [2.75, 3.05) is 19.6 Å². The number of likely N-dealkylation sites (tertiary alicyclic amines) is 1. The zero-order chi connectivity index (χ0) is 25.9. The Labute approximate surface area is 224 Å². The van der Waals surface area contributed by atoms with Crippen molar-refractivity contribution < 1.29 is 10.2 Å². The van der Waals surface area contributed by atoms with E-state index in [-0.39, 0.29) is 12.0 Å². The Kier molecular flexibility index (Phi) is 10.4. The number of piperidine rings is 1. The average Bonchev–Trinajstić information content (AvgIpc) is 2.97. The fourth-order valence-electron chi connectivity index (χ4n) is 5.90. The summed E-state index contributed by atoms with van der Waals surface area (Å²) in [4.78, 5) is 2.55. The molecule has 0 radical (unpaired) electrons. The summed E-state index contributed by atoms with van der Waals surface area (Å²) in [7, 11) is 0. The van der Waals surface area contributed by atoms with Gasteiger partial charge in [0.1, 0.15) is 5.60 Å². The number of aliphatic hydroxyl groups is 2. The molecule has 3 aromatic carbocycles. The zero-order valence-electron chi connectivity index (χ0n) is 22.6. The van der Waals surface area contributed by atoms with Crippen LogP contribution in [0.4, 0.5) is 0 Å². The van der Waals surface area contributed by atoms with Gasteiger partial charge < -0.3 is 15.1 Å². The molecule has 0 saturated carbocycles. The molecule has 3 nitrogen and oxygen atoms in total. The molecule has 0 aliphatic carbocycles. The molecule has 1 atom stereocenters. The fourth-order valence-corrected chi connectivity index (χ4v) is 5.90. The quantitative estimate of drug-likeness (QED) is 0.243. The van der Waals surface area contributed by atoms with Gasteiger partial charge in [-0.25, -0.2) is 0 Å². The lowest BCUT2D eigenvalue weighted by atomic mass is 9.72. The number of unbranched alkanes of at least 4 members (excludes halogenated alkanes) is 3. The fraction of sp³-hybridized carbons (Fsp3) is 0.471. The topological polar surface area (TPSA) is 43.7 Å². The largest absolute Gasteiger partial charge is 0.388 e. The van der Waals surface area contributed by atoms with E-state index in [4.69, 9.17) is 0 Å². The van der Waals surface area contributed by atoms with Gasteiger partial charge in [0.2, 0.25) is 0 Å². The lowest BCUT2D eigenvalue weighted by Crippen LogP contribution is -2.44. The lowest BCUT2D eigenvalue weighted by molar-refractivity contribution is -0.0143. The van der Waals surface area contributed by atoms with Crippen LogP contribution in [0.5, 0.6) is 0 Å². The highest BCUT2D eigenvalue weighted by atomic mass is 16.3. The van der Waals surface area contributed by atoms with Crippen molar-refractivity contribution in [3.8, 4) is 0 Å². The van der Waals surface area contributed by atoms with Crippen molar-refractivity contribution in [1.29, 1.82) is 0 Å². The van der Waals surface area contributed by atoms with E-state index < -0.39 is 5.60 Å². The summed E-state index contributed by atoms with van der Waals surface area (Å²) < 4.78 is 0. The van der Waals surface area contributed by atoms with Gasteiger partial charge in [-0.3, -0.25) is 0 Å². The van der Waals surface area contributed by atoms with Crippen LogP contribution in [-0.2, 0) is 12.0 Å². The summed E-state index contributed by atoms with van der Waals surface area (Å²) in [6, 6.07) is 28.9. The van der Waals surface area contributed by atoms with Crippen LogP contribution in [0.25, 0.3) is 0 Å². The Morgan fingerprint density at radius 3 is 1.95 bits per heavy atom. The van der Waals surface area contributed by atoms with E-state index in [0.717, 1.165) is 81.3 Å². The van der Waals surface area contributed by atoms with Crippen LogP contribution in [0.1, 0.15) is 86.6 Å². The summed E-state index contributed by atoms with van der Waals surface area (Å²) in [5.74, 6) is 0.206. The van der Waals surface area contributed by atoms with Gasteiger partial charge in [-0.1, -0.05) is 111 Å². The Bertz CT molecular complexity index is 987. The molecule has 0 amide bonds. The second-order valence-corrected chi connectivity index (χ2v) is 10.8. The van der Waals surface area contributed by atoms with Crippen molar-refractivity contribution in [2.24, 2.45) is 5.92 Å². The number of benzene rings is 3. The van der Waals surface area contributed by atoms with Crippen LogP contribution in [0.2, 0.25) is 0 Å². The highest BCUT2D eigenvalue weighted by molar-refractivity contribution is 5.37. The van der Waals surface area contributed by atoms with Crippen molar-refractivity contribution in [1.82, 2.24) is 4.90 Å². The Balaban J connectivity index is 1.21. The number of nitrogens with zero attached hydrogens (tertiary/aromatic N) is 1. The van der Waals surface area contributed by atoms with Gasteiger partial charge in [-0.15, -0.1) is 0 Å². The van der Waals surface area contributed by atoms with Gasteiger partial charge >= 0.3 is 0 Å².